The molecule has 0 heterocycles. The molecule has 5 heteroatoms. The second kappa shape index (κ2) is 5.02. The lowest BCUT2D eigenvalue weighted by Crippen LogP contribution is -2.42. The summed E-state index contributed by atoms with van der Waals surface area (Å²) in [6, 6.07) is -0.985. The Morgan fingerprint density at radius 3 is 2.67 bits per heavy atom. The van der Waals surface area contributed by atoms with Crippen LogP contribution in [0, 0.1) is 12.3 Å². The topological polar surface area (TPSA) is 78.4 Å². The molecule has 0 aromatic heterocycles. The summed E-state index contributed by atoms with van der Waals surface area (Å²) in [5.74, 6) is 1.17. The first-order chi connectivity index (χ1) is 5.56. The van der Waals surface area contributed by atoms with Crippen LogP contribution in [0.2, 0.25) is 0 Å². The second-order valence-electron chi connectivity index (χ2n) is 2.11. The van der Waals surface area contributed by atoms with Crippen LogP contribution in [0.4, 0.5) is 4.79 Å². The highest BCUT2D eigenvalue weighted by molar-refractivity contribution is 5.80. The zero-order chi connectivity index (χ0) is 9.56. The third-order valence-corrected chi connectivity index (χ3v) is 0.998. The van der Waals surface area contributed by atoms with Gasteiger partial charge in [-0.1, -0.05) is 5.92 Å². The number of urea groups is 1. The van der Waals surface area contributed by atoms with Crippen LogP contribution in [-0.4, -0.2) is 29.7 Å². The molecule has 0 aliphatic carbocycles. The number of amides is 2. The minimum absolute atomic E-state index is 0.404. The largest absolute Gasteiger partial charge is 0.480 e. The average Bonchev–Trinajstić information content (AvgIpc) is 2.00. The number of carbonyl (C=O) groups excluding carboxylic acids is 1. The average molecular weight is 170 g/mol. The van der Waals surface area contributed by atoms with Gasteiger partial charge in [0.05, 0.1) is 6.04 Å². The van der Waals surface area contributed by atoms with Gasteiger partial charge in [0, 0.05) is 0 Å². The van der Waals surface area contributed by atoms with Crippen molar-refractivity contribution in [3.63, 3.8) is 0 Å². The number of hydrogen-bond acceptors (Lipinski definition) is 2. The molecule has 0 rings (SSSR count). The van der Waals surface area contributed by atoms with Crippen LogP contribution in [0.3, 0.4) is 0 Å². The SMILES string of the molecule is C#CC(C)NC(=O)NCC(=O)O. The Kier molecular flexibility index (Phi) is 4.31. The summed E-state index contributed by atoms with van der Waals surface area (Å²) in [6.45, 7) is 1.20. The summed E-state index contributed by atoms with van der Waals surface area (Å²) in [6.07, 6.45) is 4.97. The second-order valence-corrected chi connectivity index (χ2v) is 2.11. The van der Waals surface area contributed by atoms with E-state index < -0.39 is 24.6 Å². The van der Waals surface area contributed by atoms with Crippen LogP contribution in [0.1, 0.15) is 6.92 Å². The highest BCUT2D eigenvalue weighted by atomic mass is 16.4. The molecule has 0 radical (unpaired) electrons. The first-order valence-corrected chi connectivity index (χ1v) is 3.28. The minimum Gasteiger partial charge on any atom is -0.480 e. The molecular weight excluding hydrogens is 160 g/mol. The third kappa shape index (κ3) is 5.11. The van der Waals surface area contributed by atoms with Gasteiger partial charge in [0.2, 0.25) is 0 Å². The summed E-state index contributed by atoms with van der Waals surface area (Å²) >= 11 is 0. The van der Waals surface area contributed by atoms with E-state index in [-0.39, 0.29) is 0 Å². The molecule has 0 aliphatic heterocycles. The smallest absolute Gasteiger partial charge is 0.323 e. The fourth-order valence-electron chi connectivity index (χ4n) is 0.445. The summed E-state index contributed by atoms with van der Waals surface area (Å²) in [5, 5.41) is 12.6. The third-order valence-electron chi connectivity index (χ3n) is 0.998. The number of carbonyl (C=O) groups is 2. The van der Waals surface area contributed by atoms with E-state index >= 15 is 0 Å². The first kappa shape index (κ1) is 10.3. The standard InChI is InChI=1S/C7H10N2O3/c1-3-5(2)9-7(12)8-4-6(10)11/h1,5H,4H2,2H3,(H,10,11)(H2,8,9,12). The van der Waals surface area contributed by atoms with Crippen molar-refractivity contribution in [3.8, 4) is 12.3 Å². The predicted molar refractivity (Wildman–Crippen MR) is 42.5 cm³/mol. The molecule has 2 amide bonds. The maximum absolute atomic E-state index is 10.7. The van der Waals surface area contributed by atoms with Crippen molar-refractivity contribution in [1.82, 2.24) is 10.6 Å². The molecule has 66 valence electrons. The van der Waals surface area contributed by atoms with E-state index in [1.807, 2.05) is 0 Å². The molecule has 3 N–H and O–H groups in total. The van der Waals surface area contributed by atoms with Gasteiger partial charge in [-0.05, 0) is 6.92 Å². The van der Waals surface area contributed by atoms with E-state index in [0.717, 1.165) is 0 Å². The summed E-state index contributed by atoms with van der Waals surface area (Å²) in [4.78, 5) is 20.7. The van der Waals surface area contributed by atoms with Crippen LogP contribution < -0.4 is 10.6 Å². The van der Waals surface area contributed by atoms with E-state index in [1.165, 1.54) is 0 Å². The number of aliphatic carboxylic acids is 1. The Labute approximate surface area is 70.1 Å². The van der Waals surface area contributed by atoms with Crippen LogP contribution >= 0.6 is 0 Å². The number of hydrogen-bond donors (Lipinski definition) is 3. The van der Waals surface area contributed by atoms with Gasteiger partial charge in [-0.2, -0.15) is 0 Å². The van der Waals surface area contributed by atoms with Crippen molar-refractivity contribution in [1.29, 1.82) is 0 Å². The van der Waals surface area contributed by atoms with Gasteiger partial charge in [0.25, 0.3) is 0 Å². The molecule has 0 bridgehead atoms. The number of terminal acetylenes is 1. The molecule has 1 atom stereocenters. The lowest BCUT2D eigenvalue weighted by Gasteiger charge is -2.07. The monoisotopic (exact) mass is 170 g/mol. The first-order valence-electron chi connectivity index (χ1n) is 3.28. The molecule has 0 aromatic rings. The van der Waals surface area contributed by atoms with Crippen molar-refractivity contribution < 1.29 is 14.7 Å². The fourth-order valence-corrected chi connectivity index (χ4v) is 0.445. The highest BCUT2D eigenvalue weighted by Gasteiger charge is 2.04. The Bertz CT molecular complexity index is 219. The van der Waals surface area contributed by atoms with Gasteiger partial charge < -0.3 is 15.7 Å². The molecule has 12 heavy (non-hydrogen) atoms. The Morgan fingerprint density at radius 1 is 1.67 bits per heavy atom. The van der Waals surface area contributed by atoms with E-state index in [2.05, 4.69) is 16.6 Å². The van der Waals surface area contributed by atoms with Gasteiger partial charge in [0.1, 0.15) is 6.54 Å². The number of carboxylic acids is 1. The summed E-state index contributed by atoms with van der Waals surface area (Å²) in [7, 11) is 0. The molecule has 0 spiro atoms. The van der Waals surface area contributed by atoms with Gasteiger partial charge in [-0.25, -0.2) is 4.79 Å². The molecule has 0 fully saturated rings. The maximum atomic E-state index is 10.7. The zero-order valence-corrected chi connectivity index (χ0v) is 6.63. The van der Waals surface area contributed by atoms with Crippen molar-refractivity contribution in [2.45, 2.75) is 13.0 Å². The quantitative estimate of drug-likeness (QED) is 0.494. The molecule has 0 saturated heterocycles. The molecule has 0 aromatic carbocycles. The summed E-state index contributed by atoms with van der Waals surface area (Å²) < 4.78 is 0. The van der Waals surface area contributed by atoms with Gasteiger partial charge in [-0.3, -0.25) is 4.79 Å². The van der Waals surface area contributed by atoms with Crippen molar-refractivity contribution in [2.24, 2.45) is 0 Å². The normalized spacial score (nSPS) is 11.0. The lowest BCUT2D eigenvalue weighted by molar-refractivity contribution is -0.135. The molecular formula is C7H10N2O3. The Balaban J connectivity index is 3.62. The predicted octanol–water partition coefficient (Wildman–Crippen LogP) is -0.608. The van der Waals surface area contributed by atoms with Gasteiger partial charge in [-0.15, -0.1) is 6.42 Å². The van der Waals surface area contributed by atoms with Crippen molar-refractivity contribution in [2.75, 3.05) is 6.54 Å². The maximum Gasteiger partial charge on any atom is 0.323 e. The van der Waals surface area contributed by atoms with Crippen molar-refractivity contribution in [3.05, 3.63) is 0 Å². The lowest BCUT2D eigenvalue weighted by atomic mass is 10.4. The number of rotatable bonds is 3. The number of carboxylic acid groups (broad SMARTS) is 1. The molecule has 0 aliphatic rings. The zero-order valence-electron chi connectivity index (χ0n) is 6.63. The van der Waals surface area contributed by atoms with Gasteiger partial charge >= 0.3 is 12.0 Å². The summed E-state index contributed by atoms with van der Waals surface area (Å²) in [5.41, 5.74) is 0. The highest BCUT2D eigenvalue weighted by Crippen LogP contribution is 1.75. The fraction of sp³-hybridized carbons (Fsp3) is 0.429. The number of nitrogens with one attached hydrogen (secondary N) is 2. The van der Waals surface area contributed by atoms with Gasteiger partial charge in [0.15, 0.2) is 0 Å². The van der Waals surface area contributed by atoms with E-state index in [4.69, 9.17) is 11.5 Å². The van der Waals surface area contributed by atoms with Crippen LogP contribution in [0.5, 0.6) is 0 Å². The molecule has 0 saturated carbocycles. The molecule has 5 nitrogen and oxygen atoms in total. The van der Waals surface area contributed by atoms with Crippen LogP contribution in [0.15, 0.2) is 0 Å². The van der Waals surface area contributed by atoms with Crippen LogP contribution in [0.25, 0.3) is 0 Å². The van der Waals surface area contributed by atoms with E-state index in [0.29, 0.717) is 0 Å². The van der Waals surface area contributed by atoms with Crippen molar-refractivity contribution >= 4 is 12.0 Å². The Hall–Kier alpha value is -1.70. The van der Waals surface area contributed by atoms with Crippen LogP contribution in [-0.2, 0) is 4.79 Å². The van der Waals surface area contributed by atoms with E-state index in [1.54, 1.807) is 6.92 Å². The minimum atomic E-state index is -1.10. The van der Waals surface area contributed by atoms with E-state index in [9.17, 15) is 9.59 Å². The Morgan fingerprint density at radius 2 is 2.25 bits per heavy atom. The molecule has 1 unspecified atom stereocenters.